The van der Waals surface area contributed by atoms with E-state index in [1.807, 2.05) is 18.2 Å². The number of rotatable bonds is 6. The summed E-state index contributed by atoms with van der Waals surface area (Å²) in [6.07, 6.45) is 6.03. The Bertz CT molecular complexity index is 408. The zero-order chi connectivity index (χ0) is 14.4. The van der Waals surface area contributed by atoms with Crippen LogP contribution in [0.2, 0.25) is 0 Å². The first-order valence-electron chi connectivity index (χ1n) is 7.90. The van der Waals surface area contributed by atoms with Crippen molar-refractivity contribution in [1.29, 1.82) is 0 Å². The predicted octanol–water partition coefficient (Wildman–Crippen LogP) is 3.35. The van der Waals surface area contributed by atoms with E-state index >= 15 is 0 Å². The highest BCUT2D eigenvalue weighted by Crippen LogP contribution is 2.26. The molecule has 112 valence electrons. The topological polar surface area (TPSA) is 38.5 Å². The van der Waals surface area contributed by atoms with Gasteiger partial charge < -0.3 is 15.4 Å². The molecule has 1 aliphatic heterocycles. The molecule has 2 N–H and O–H groups in total. The molecule has 1 unspecified atom stereocenters. The molecular weight excluding hydrogens is 248 g/mol. The third kappa shape index (κ3) is 3.97. The Morgan fingerprint density at radius 2 is 2.15 bits per heavy atom. The molecule has 0 bridgehead atoms. The van der Waals surface area contributed by atoms with Crippen LogP contribution in [0.1, 0.15) is 50.6 Å². The standard InChI is InChI=1S/C17H28N2O/c1-3-16(18)15-9-4-5-10-17(15)20-13-11-14-8-6-7-12-19(14)2/h4-5,9-10,14,16H,3,6-8,11-13,18H2,1-2H3/t14?,16-/m0/s1. The van der Waals surface area contributed by atoms with Gasteiger partial charge in [-0.2, -0.15) is 0 Å². The number of piperidine rings is 1. The SMILES string of the molecule is CC[C@H](N)c1ccccc1OCCC1CCCCN1C. The van der Waals surface area contributed by atoms with Crippen LogP contribution in [0.3, 0.4) is 0 Å². The van der Waals surface area contributed by atoms with Crippen LogP contribution in [0.5, 0.6) is 5.75 Å². The van der Waals surface area contributed by atoms with Crippen LogP contribution >= 0.6 is 0 Å². The molecule has 1 fully saturated rings. The van der Waals surface area contributed by atoms with Crippen molar-refractivity contribution in [3.05, 3.63) is 29.8 Å². The van der Waals surface area contributed by atoms with Gasteiger partial charge in [0.1, 0.15) is 5.75 Å². The summed E-state index contributed by atoms with van der Waals surface area (Å²) in [5.41, 5.74) is 7.27. The van der Waals surface area contributed by atoms with Crippen LogP contribution in [0.25, 0.3) is 0 Å². The number of nitrogens with two attached hydrogens (primary N) is 1. The highest BCUT2D eigenvalue weighted by atomic mass is 16.5. The molecule has 0 saturated carbocycles. The number of likely N-dealkylation sites (tertiary alicyclic amines) is 1. The Morgan fingerprint density at radius 1 is 1.35 bits per heavy atom. The maximum absolute atomic E-state index is 6.14. The molecule has 1 aromatic carbocycles. The highest BCUT2D eigenvalue weighted by molar-refractivity contribution is 5.35. The van der Waals surface area contributed by atoms with Gasteiger partial charge >= 0.3 is 0 Å². The number of hydrogen-bond acceptors (Lipinski definition) is 3. The van der Waals surface area contributed by atoms with E-state index in [1.54, 1.807) is 0 Å². The summed E-state index contributed by atoms with van der Waals surface area (Å²) >= 11 is 0. The molecule has 0 radical (unpaired) electrons. The van der Waals surface area contributed by atoms with Gasteiger partial charge in [-0.1, -0.05) is 31.5 Å². The van der Waals surface area contributed by atoms with Crippen LogP contribution in [0.15, 0.2) is 24.3 Å². The summed E-state index contributed by atoms with van der Waals surface area (Å²) in [6.45, 7) is 4.11. The fourth-order valence-electron chi connectivity index (χ4n) is 2.95. The van der Waals surface area contributed by atoms with Gasteiger partial charge in [-0.25, -0.2) is 0 Å². The molecule has 1 aliphatic rings. The molecule has 3 nitrogen and oxygen atoms in total. The molecule has 0 spiro atoms. The monoisotopic (exact) mass is 276 g/mol. The Labute approximate surface area is 123 Å². The fourth-order valence-corrected chi connectivity index (χ4v) is 2.95. The van der Waals surface area contributed by atoms with Gasteiger partial charge in [0, 0.05) is 17.6 Å². The lowest BCUT2D eigenvalue weighted by Gasteiger charge is -2.32. The van der Waals surface area contributed by atoms with E-state index in [-0.39, 0.29) is 6.04 Å². The van der Waals surface area contributed by atoms with Crippen molar-refractivity contribution in [2.75, 3.05) is 20.2 Å². The molecule has 2 rings (SSSR count). The quantitative estimate of drug-likeness (QED) is 0.866. The number of nitrogens with zero attached hydrogens (tertiary/aromatic N) is 1. The Morgan fingerprint density at radius 3 is 2.90 bits per heavy atom. The van der Waals surface area contributed by atoms with Gasteiger partial charge in [0.15, 0.2) is 0 Å². The van der Waals surface area contributed by atoms with Gasteiger partial charge in [0.05, 0.1) is 6.61 Å². The van der Waals surface area contributed by atoms with Gasteiger partial charge in [0.2, 0.25) is 0 Å². The van der Waals surface area contributed by atoms with E-state index < -0.39 is 0 Å². The van der Waals surface area contributed by atoms with E-state index in [9.17, 15) is 0 Å². The molecule has 2 atom stereocenters. The third-order valence-corrected chi connectivity index (χ3v) is 4.39. The number of hydrogen-bond donors (Lipinski definition) is 1. The largest absolute Gasteiger partial charge is 0.493 e. The first kappa shape index (κ1) is 15.3. The predicted molar refractivity (Wildman–Crippen MR) is 84.0 cm³/mol. The second-order valence-corrected chi connectivity index (χ2v) is 5.82. The molecular formula is C17H28N2O. The second kappa shape index (κ2) is 7.65. The Balaban J connectivity index is 1.87. The van der Waals surface area contributed by atoms with E-state index in [4.69, 9.17) is 10.5 Å². The minimum atomic E-state index is 0.0727. The minimum Gasteiger partial charge on any atom is -0.493 e. The first-order valence-corrected chi connectivity index (χ1v) is 7.90. The molecule has 0 aliphatic carbocycles. The van der Waals surface area contributed by atoms with E-state index in [0.717, 1.165) is 30.8 Å². The number of para-hydroxylation sites is 1. The Hall–Kier alpha value is -1.06. The zero-order valence-corrected chi connectivity index (χ0v) is 12.8. The average Bonchev–Trinajstić information content (AvgIpc) is 2.49. The van der Waals surface area contributed by atoms with Crippen molar-refractivity contribution < 1.29 is 4.74 Å². The minimum absolute atomic E-state index is 0.0727. The molecule has 1 heterocycles. The number of ether oxygens (including phenoxy) is 1. The Kier molecular flexibility index (Phi) is 5.86. The molecule has 1 saturated heterocycles. The lowest BCUT2D eigenvalue weighted by Crippen LogP contribution is -2.37. The van der Waals surface area contributed by atoms with Crippen molar-refractivity contribution in [2.45, 2.75) is 51.1 Å². The maximum atomic E-state index is 6.14. The van der Waals surface area contributed by atoms with Crippen molar-refractivity contribution in [2.24, 2.45) is 5.73 Å². The normalized spacial score (nSPS) is 21.6. The van der Waals surface area contributed by atoms with Gasteiger partial charge in [0.25, 0.3) is 0 Å². The van der Waals surface area contributed by atoms with E-state index in [0.29, 0.717) is 6.04 Å². The fraction of sp³-hybridized carbons (Fsp3) is 0.647. The van der Waals surface area contributed by atoms with Crippen LogP contribution in [0, 0.1) is 0 Å². The summed E-state index contributed by atoms with van der Waals surface area (Å²) in [4.78, 5) is 2.47. The van der Waals surface area contributed by atoms with Crippen molar-refractivity contribution in [3.8, 4) is 5.75 Å². The molecule has 3 heteroatoms. The lowest BCUT2D eigenvalue weighted by atomic mass is 10.0. The molecule has 1 aromatic rings. The van der Waals surface area contributed by atoms with Crippen molar-refractivity contribution in [1.82, 2.24) is 4.90 Å². The highest BCUT2D eigenvalue weighted by Gasteiger charge is 2.18. The second-order valence-electron chi connectivity index (χ2n) is 5.82. The summed E-state index contributed by atoms with van der Waals surface area (Å²) in [7, 11) is 2.23. The summed E-state index contributed by atoms with van der Waals surface area (Å²) in [6, 6.07) is 8.92. The van der Waals surface area contributed by atoms with Crippen LogP contribution in [-0.2, 0) is 0 Å². The van der Waals surface area contributed by atoms with E-state index in [1.165, 1.54) is 25.8 Å². The summed E-state index contributed by atoms with van der Waals surface area (Å²) < 4.78 is 6.00. The smallest absolute Gasteiger partial charge is 0.124 e. The van der Waals surface area contributed by atoms with Crippen molar-refractivity contribution in [3.63, 3.8) is 0 Å². The zero-order valence-electron chi connectivity index (χ0n) is 12.8. The molecule has 0 aromatic heterocycles. The average molecular weight is 276 g/mol. The van der Waals surface area contributed by atoms with Gasteiger partial charge in [-0.15, -0.1) is 0 Å². The van der Waals surface area contributed by atoms with Crippen LogP contribution < -0.4 is 10.5 Å². The van der Waals surface area contributed by atoms with Crippen molar-refractivity contribution >= 4 is 0 Å². The van der Waals surface area contributed by atoms with E-state index in [2.05, 4.69) is 24.9 Å². The number of benzene rings is 1. The third-order valence-electron chi connectivity index (χ3n) is 4.39. The first-order chi connectivity index (χ1) is 9.72. The maximum Gasteiger partial charge on any atom is 0.124 e. The van der Waals surface area contributed by atoms with Crippen LogP contribution in [0.4, 0.5) is 0 Å². The molecule has 0 amide bonds. The summed E-state index contributed by atoms with van der Waals surface area (Å²) in [5, 5.41) is 0. The van der Waals surface area contributed by atoms with Crippen LogP contribution in [-0.4, -0.2) is 31.1 Å². The summed E-state index contributed by atoms with van der Waals surface area (Å²) in [5.74, 6) is 0.959. The van der Waals surface area contributed by atoms with Gasteiger partial charge in [-0.05, 0) is 45.3 Å². The lowest BCUT2D eigenvalue weighted by molar-refractivity contribution is 0.152. The molecule has 20 heavy (non-hydrogen) atoms. The van der Waals surface area contributed by atoms with Gasteiger partial charge in [-0.3, -0.25) is 0 Å².